The minimum Gasteiger partial charge on any atom is -0.328 e. The number of aryl methyl sites for hydroxylation is 2. The molecule has 156 valence electrons. The van der Waals surface area contributed by atoms with Gasteiger partial charge in [-0.15, -0.1) is 5.10 Å². The van der Waals surface area contributed by atoms with E-state index in [9.17, 15) is 4.79 Å². The lowest BCUT2D eigenvalue weighted by atomic mass is 10.1. The van der Waals surface area contributed by atoms with E-state index < -0.39 is 0 Å². The number of benzene rings is 2. The summed E-state index contributed by atoms with van der Waals surface area (Å²) in [4.78, 5) is 19.6. The average Bonchev–Trinajstić information content (AvgIpc) is 3.16. The first-order chi connectivity index (χ1) is 15.0. The highest BCUT2D eigenvalue weighted by Crippen LogP contribution is 2.19. The van der Waals surface area contributed by atoms with Crippen molar-refractivity contribution in [2.24, 2.45) is 0 Å². The first-order valence-electron chi connectivity index (χ1n) is 10.2. The number of hydrogen-bond acceptors (Lipinski definition) is 4. The fraction of sp³-hybridized carbons (Fsp3) is 0.200. The smallest absolute Gasteiger partial charge is 0.276 e. The maximum atomic E-state index is 13.6. The van der Waals surface area contributed by atoms with Gasteiger partial charge >= 0.3 is 0 Å². The van der Waals surface area contributed by atoms with Crippen molar-refractivity contribution in [2.75, 3.05) is 0 Å². The van der Waals surface area contributed by atoms with Gasteiger partial charge in [-0.3, -0.25) is 9.78 Å². The summed E-state index contributed by atoms with van der Waals surface area (Å²) in [5.74, 6) is -0.150. The van der Waals surface area contributed by atoms with E-state index in [4.69, 9.17) is 0 Å². The Morgan fingerprint density at radius 3 is 2.55 bits per heavy atom. The Labute approximate surface area is 182 Å². The molecule has 4 aromatic rings. The number of carbonyl (C=O) groups is 1. The molecule has 0 aliphatic carbocycles. The Morgan fingerprint density at radius 2 is 1.81 bits per heavy atom. The van der Waals surface area contributed by atoms with Crippen LogP contribution in [0.3, 0.4) is 0 Å². The van der Waals surface area contributed by atoms with E-state index in [0.29, 0.717) is 18.8 Å². The van der Waals surface area contributed by atoms with Crippen molar-refractivity contribution in [1.29, 1.82) is 0 Å². The quantitative estimate of drug-likeness (QED) is 0.471. The fourth-order valence-corrected chi connectivity index (χ4v) is 3.59. The molecule has 0 aliphatic heterocycles. The van der Waals surface area contributed by atoms with Crippen molar-refractivity contribution >= 4 is 5.91 Å². The molecule has 0 saturated carbocycles. The van der Waals surface area contributed by atoms with E-state index in [1.165, 1.54) is 0 Å². The maximum absolute atomic E-state index is 13.6. The van der Waals surface area contributed by atoms with E-state index in [-0.39, 0.29) is 5.91 Å². The van der Waals surface area contributed by atoms with Gasteiger partial charge < -0.3 is 4.90 Å². The SMILES string of the molecule is Cc1cccc(-n2nnc(C(=O)N(Cc3cccnc3)Cc3ccccc3C)c2C)c1. The zero-order chi connectivity index (χ0) is 21.8. The second kappa shape index (κ2) is 8.92. The standard InChI is InChI=1S/C25H25N5O/c1-18-8-6-12-23(14-18)30-20(3)24(27-28-30)25(31)29(16-21-10-7-13-26-15-21)17-22-11-5-4-9-19(22)2/h4-15H,16-17H2,1-3H3. The molecule has 0 atom stereocenters. The van der Waals surface area contributed by atoms with Crippen molar-refractivity contribution < 1.29 is 4.79 Å². The van der Waals surface area contributed by atoms with Gasteiger partial charge in [-0.25, -0.2) is 4.68 Å². The van der Waals surface area contributed by atoms with Gasteiger partial charge in [0.1, 0.15) is 0 Å². The van der Waals surface area contributed by atoms with E-state index in [2.05, 4.69) is 34.4 Å². The molecule has 0 unspecified atom stereocenters. The molecule has 2 aromatic heterocycles. The molecule has 0 saturated heterocycles. The van der Waals surface area contributed by atoms with Gasteiger partial charge in [0.25, 0.3) is 5.91 Å². The normalized spacial score (nSPS) is 10.8. The minimum absolute atomic E-state index is 0.150. The third kappa shape index (κ3) is 4.53. The van der Waals surface area contributed by atoms with Crippen LogP contribution in [-0.2, 0) is 13.1 Å². The number of aromatic nitrogens is 4. The molecule has 6 nitrogen and oxygen atoms in total. The molecule has 2 heterocycles. The summed E-state index contributed by atoms with van der Waals surface area (Å²) in [6.07, 6.45) is 3.52. The Bertz CT molecular complexity index is 1200. The minimum atomic E-state index is -0.150. The molecule has 6 heteroatoms. The maximum Gasteiger partial charge on any atom is 0.276 e. The Balaban J connectivity index is 1.68. The first kappa shape index (κ1) is 20.5. The second-order valence-corrected chi connectivity index (χ2v) is 7.72. The second-order valence-electron chi connectivity index (χ2n) is 7.72. The van der Waals surface area contributed by atoms with E-state index in [1.54, 1.807) is 22.0 Å². The zero-order valence-corrected chi connectivity index (χ0v) is 18.0. The highest BCUT2D eigenvalue weighted by atomic mass is 16.2. The number of nitrogens with zero attached hydrogens (tertiary/aromatic N) is 5. The van der Waals surface area contributed by atoms with Gasteiger partial charge in [-0.1, -0.05) is 47.7 Å². The van der Waals surface area contributed by atoms with Gasteiger partial charge in [0.2, 0.25) is 0 Å². The summed E-state index contributed by atoms with van der Waals surface area (Å²) in [7, 11) is 0. The summed E-state index contributed by atoms with van der Waals surface area (Å²) in [5.41, 5.74) is 6.30. The van der Waals surface area contributed by atoms with Crippen molar-refractivity contribution in [1.82, 2.24) is 24.9 Å². The summed E-state index contributed by atoms with van der Waals surface area (Å²) in [5, 5.41) is 8.52. The van der Waals surface area contributed by atoms with E-state index in [0.717, 1.165) is 33.6 Å². The van der Waals surface area contributed by atoms with Crippen molar-refractivity contribution in [3.05, 3.63) is 107 Å². The monoisotopic (exact) mass is 411 g/mol. The third-order valence-corrected chi connectivity index (χ3v) is 5.35. The summed E-state index contributed by atoms with van der Waals surface area (Å²) in [6, 6.07) is 19.9. The Kier molecular flexibility index (Phi) is 5.89. The Morgan fingerprint density at radius 1 is 0.968 bits per heavy atom. The molecule has 0 radical (unpaired) electrons. The average molecular weight is 412 g/mol. The van der Waals surface area contributed by atoms with Crippen LogP contribution in [0, 0.1) is 20.8 Å². The largest absolute Gasteiger partial charge is 0.328 e. The summed E-state index contributed by atoms with van der Waals surface area (Å²) < 4.78 is 1.72. The van der Waals surface area contributed by atoms with E-state index in [1.807, 2.05) is 62.4 Å². The lowest BCUT2D eigenvalue weighted by Crippen LogP contribution is -2.31. The molecular weight excluding hydrogens is 386 g/mol. The van der Waals surface area contributed by atoms with Crippen LogP contribution in [-0.4, -0.2) is 30.8 Å². The highest BCUT2D eigenvalue weighted by molar-refractivity contribution is 5.93. The number of amides is 1. The van der Waals surface area contributed by atoms with Crippen LogP contribution in [0.25, 0.3) is 5.69 Å². The lowest BCUT2D eigenvalue weighted by molar-refractivity contribution is 0.0722. The van der Waals surface area contributed by atoms with Crippen LogP contribution in [0.4, 0.5) is 0 Å². The molecule has 0 aliphatic rings. The number of rotatable bonds is 6. The zero-order valence-electron chi connectivity index (χ0n) is 18.0. The topological polar surface area (TPSA) is 63.9 Å². The predicted molar refractivity (Wildman–Crippen MR) is 120 cm³/mol. The third-order valence-electron chi connectivity index (χ3n) is 5.35. The van der Waals surface area contributed by atoms with Crippen LogP contribution in [0.2, 0.25) is 0 Å². The Hall–Kier alpha value is -3.80. The first-order valence-corrected chi connectivity index (χ1v) is 10.2. The van der Waals surface area contributed by atoms with Gasteiger partial charge in [0.05, 0.1) is 11.4 Å². The molecule has 0 N–H and O–H groups in total. The van der Waals surface area contributed by atoms with Gasteiger partial charge in [-0.2, -0.15) is 0 Å². The molecule has 4 rings (SSSR count). The van der Waals surface area contributed by atoms with Gasteiger partial charge in [0.15, 0.2) is 5.69 Å². The molecule has 2 aromatic carbocycles. The van der Waals surface area contributed by atoms with Crippen LogP contribution < -0.4 is 0 Å². The van der Waals surface area contributed by atoms with E-state index >= 15 is 0 Å². The van der Waals surface area contributed by atoms with Crippen molar-refractivity contribution in [3.8, 4) is 5.69 Å². The highest BCUT2D eigenvalue weighted by Gasteiger charge is 2.24. The lowest BCUT2D eigenvalue weighted by Gasteiger charge is -2.23. The van der Waals surface area contributed by atoms with Crippen LogP contribution in [0.15, 0.2) is 73.1 Å². The van der Waals surface area contributed by atoms with Crippen molar-refractivity contribution in [2.45, 2.75) is 33.9 Å². The molecule has 0 bridgehead atoms. The van der Waals surface area contributed by atoms with Gasteiger partial charge in [-0.05, 0) is 61.2 Å². The van der Waals surface area contributed by atoms with Crippen LogP contribution >= 0.6 is 0 Å². The van der Waals surface area contributed by atoms with Crippen molar-refractivity contribution in [3.63, 3.8) is 0 Å². The van der Waals surface area contributed by atoms with Crippen LogP contribution in [0.5, 0.6) is 0 Å². The molecule has 31 heavy (non-hydrogen) atoms. The molecule has 0 fully saturated rings. The van der Waals surface area contributed by atoms with Crippen LogP contribution in [0.1, 0.15) is 38.4 Å². The molecule has 1 amide bonds. The number of hydrogen-bond donors (Lipinski definition) is 0. The molecular formula is C25H25N5O. The summed E-state index contributed by atoms with van der Waals surface area (Å²) in [6.45, 7) is 6.89. The number of carbonyl (C=O) groups excluding carboxylic acids is 1. The number of pyridine rings is 1. The van der Waals surface area contributed by atoms with Gasteiger partial charge in [0, 0.05) is 25.5 Å². The fourth-order valence-electron chi connectivity index (χ4n) is 3.59. The summed E-state index contributed by atoms with van der Waals surface area (Å²) >= 11 is 0. The predicted octanol–water partition coefficient (Wildman–Crippen LogP) is 4.43. The molecule has 0 spiro atoms.